The van der Waals surface area contributed by atoms with Crippen molar-refractivity contribution >= 4 is 22.8 Å². The molecule has 4 aromatic rings. The highest BCUT2D eigenvalue weighted by atomic mass is 16.5. The number of methoxy groups -OCH3 is 1. The number of amides is 2. The fraction of sp³-hybridized carbons (Fsp3) is 0.310. The molecule has 2 amide bonds. The number of fused-ring (bicyclic) bond motifs is 1. The highest BCUT2D eigenvalue weighted by Gasteiger charge is 2.34. The van der Waals surface area contributed by atoms with E-state index in [1.54, 1.807) is 22.8 Å². The first-order chi connectivity index (χ1) is 17.6. The van der Waals surface area contributed by atoms with Crippen molar-refractivity contribution in [3.63, 3.8) is 0 Å². The number of benzene rings is 3. The molecular weight excluding hydrogens is 466 g/mol. The summed E-state index contributed by atoms with van der Waals surface area (Å²) in [4.78, 5) is 29.4. The number of carbonyl (C=O) groups is 2. The van der Waals surface area contributed by atoms with Crippen LogP contribution in [0.15, 0.2) is 72.8 Å². The van der Waals surface area contributed by atoms with Crippen molar-refractivity contribution in [2.24, 2.45) is 0 Å². The first-order valence-electron chi connectivity index (χ1n) is 12.2. The lowest BCUT2D eigenvalue weighted by molar-refractivity contribution is -0.142. The Kier molecular flexibility index (Phi) is 7.57. The third-order valence-corrected chi connectivity index (χ3v) is 5.97. The first-order valence-corrected chi connectivity index (χ1v) is 12.2. The number of nitrogens with zero attached hydrogens (tertiary/aromatic N) is 4. The summed E-state index contributed by atoms with van der Waals surface area (Å²) in [5.74, 6) is 0.0776. The fourth-order valence-corrected chi connectivity index (χ4v) is 4.19. The second-order valence-electron chi connectivity index (χ2n) is 10.2. The average Bonchev–Trinajstić information content (AvgIpc) is 3.26. The van der Waals surface area contributed by atoms with Crippen LogP contribution < -0.4 is 10.1 Å². The van der Waals surface area contributed by atoms with E-state index in [1.807, 2.05) is 94.4 Å². The van der Waals surface area contributed by atoms with Gasteiger partial charge >= 0.3 is 0 Å². The molecule has 1 heterocycles. The van der Waals surface area contributed by atoms with E-state index in [-0.39, 0.29) is 24.9 Å². The molecule has 0 saturated heterocycles. The van der Waals surface area contributed by atoms with Crippen molar-refractivity contribution in [2.45, 2.75) is 52.4 Å². The molecule has 0 saturated carbocycles. The van der Waals surface area contributed by atoms with Crippen LogP contribution in [-0.4, -0.2) is 44.4 Å². The van der Waals surface area contributed by atoms with E-state index < -0.39 is 11.6 Å². The number of hydrogen-bond acceptors (Lipinski definition) is 5. The van der Waals surface area contributed by atoms with Crippen LogP contribution in [0.25, 0.3) is 11.0 Å². The quantitative estimate of drug-likeness (QED) is 0.387. The summed E-state index contributed by atoms with van der Waals surface area (Å²) in [6.07, 6.45) is 0. The highest BCUT2D eigenvalue weighted by Crippen LogP contribution is 2.28. The predicted molar refractivity (Wildman–Crippen MR) is 143 cm³/mol. The molecule has 0 aliphatic rings. The maximum Gasteiger partial charge on any atom is 0.247 e. The Labute approximate surface area is 217 Å². The summed E-state index contributed by atoms with van der Waals surface area (Å²) in [7, 11) is 1.58. The minimum absolute atomic E-state index is 0.0599. The van der Waals surface area contributed by atoms with Crippen LogP contribution in [0.5, 0.6) is 5.75 Å². The summed E-state index contributed by atoms with van der Waals surface area (Å²) in [6.45, 7) is 7.95. The number of ether oxygens (including phenoxy) is 1. The van der Waals surface area contributed by atoms with Gasteiger partial charge in [-0.05, 0) is 63.1 Å². The van der Waals surface area contributed by atoms with Crippen molar-refractivity contribution in [3.8, 4) is 5.75 Å². The van der Waals surface area contributed by atoms with E-state index in [2.05, 4.69) is 15.6 Å². The second-order valence-corrected chi connectivity index (χ2v) is 10.2. The van der Waals surface area contributed by atoms with Crippen molar-refractivity contribution in [1.82, 2.24) is 25.2 Å². The molecule has 0 radical (unpaired) electrons. The molecule has 1 aromatic heterocycles. The van der Waals surface area contributed by atoms with Crippen molar-refractivity contribution in [1.29, 1.82) is 0 Å². The number of para-hydroxylation sites is 1. The van der Waals surface area contributed by atoms with Crippen LogP contribution in [0.1, 0.15) is 43.5 Å². The van der Waals surface area contributed by atoms with E-state index in [9.17, 15) is 9.59 Å². The molecule has 1 atom stereocenters. The van der Waals surface area contributed by atoms with E-state index in [0.717, 1.165) is 16.6 Å². The normalized spacial score (nSPS) is 12.2. The number of nitrogens with one attached hydrogen (secondary N) is 1. The largest absolute Gasteiger partial charge is 0.497 e. The maximum atomic E-state index is 14.0. The summed E-state index contributed by atoms with van der Waals surface area (Å²) in [5.41, 5.74) is 3.65. The van der Waals surface area contributed by atoms with Crippen LogP contribution in [-0.2, 0) is 22.7 Å². The van der Waals surface area contributed by atoms with Gasteiger partial charge in [-0.2, -0.15) is 0 Å². The van der Waals surface area contributed by atoms with Gasteiger partial charge in [-0.1, -0.05) is 59.3 Å². The first kappa shape index (κ1) is 25.9. The summed E-state index contributed by atoms with van der Waals surface area (Å²) in [5, 5.41) is 11.4. The van der Waals surface area contributed by atoms with Gasteiger partial charge in [0.25, 0.3) is 0 Å². The smallest absolute Gasteiger partial charge is 0.247 e. The van der Waals surface area contributed by atoms with Crippen molar-refractivity contribution in [3.05, 3.63) is 89.5 Å². The molecule has 192 valence electrons. The minimum atomic E-state index is -0.891. The monoisotopic (exact) mass is 499 g/mol. The predicted octanol–water partition coefficient (Wildman–Crippen LogP) is 4.43. The van der Waals surface area contributed by atoms with Crippen LogP contribution in [0.4, 0.5) is 0 Å². The summed E-state index contributed by atoms with van der Waals surface area (Å²) < 4.78 is 7.01. The van der Waals surface area contributed by atoms with Crippen LogP contribution in [0.3, 0.4) is 0 Å². The second kappa shape index (κ2) is 10.8. The number of rotatable bonds is 8. The topological polar surface area (TPSA) is 89.4 Å². The van der Waals surface area contributed by atoms with E-state index in [0.29, 0.717) is 16.8 Å². The zero-order chi connectivity index (χ0) is 26.6. The molecule has 1 unspecified atom stereocenters. The molecule has 1 N–H and O–H groups in total. The van der Waals surface area contributed by atoms with Gasteiger partial charge in [-0.3, -0.25) is 9.59 Å². The summed E-state index contributed by atoms with van der Waals surface area (Å²) in [6, 6.07) is 21.8. The Morgan fingerprint density at radius 3 is 2.46 bits per heavy atom. The Morgan fingerprint density at radius 2 is 1.76 bits per heavy atom. The van der Waals surface area contributed by atoms with E-state index in [4.69, 9.17) is 4.74 Å². The third-order valence-electron chi connectivity index (χ3n) is 5.97. The zero-order valence-corrected chi connectivity index (χ0v) is 21.9. The molecule has 0 aliphatic carbocycles. The number of aromatic nitrogens is 3. The molecule has 0 bridgehead atoms. The van der Waals surface area contributed by atoms with Gasteiger partial charge in [0.2, 0.25) is 11.8 Å². The fourth-order valence-electron chi connectivity index (χ4n) is 4.19. The third kappa shape index (κ3) is 6.33. The van der Waals surface area contributed by atoms with Crippen LogP contribution in [0, 0.1) is 6.92 Å². The molecule has 8 heteroatoms. The van der Waals surface area contributed by atoms with Gasteiger partial charge in [-0.25, -0.2) is 4.68 Å². The number of aryl methyl sites for hydroxylation is 1. The van der Waals surface area contributed by atoms with Gasteiger partial charge in [0, 0.05) is 12.1 Å². The molecule has 8 nitrogen and oxygen atoms in total. The molecule has 0 spiro atoms. The number of hydrogen-bond donors (Lipinski definition) is 1. The van der Waals surface area contributed by atoms with Gasteiger partial charge in [0.05, 0.1) is 12.6 Å². The highest BCUT2D eigenvalue weighted by molar-refractivity contribution is 5.89. The van der Waals surface area contributed by atoms with Gasteiger partial charge < -0.3 is 15.0 Å². The molecule has 3 aromatic carbocycles. The SMILES string of the molecule is COc1cccc(C(C(=O)NC(C)(C)C)N(Cc2ccc(C)cc2)C(=O)Cn2nnc3ccccc32)c1. The lowest BCUT2D eigenvalue weighted by Gasteiger charge is -2.34. The van der Waals surface area contributed by atoms with E-state index in [1.165, 1.54) is 0 Å². The minimum Gasteiger partial charge on any atom is -0.497 e. The van der Waals surface area contributed by atoms with E-state index >= 15 is 0 Å². The Balaban J connectivity index is 1.78. The molecule has 0 aliphatic heterocycles. The van der Waals surface area contributed by atoms with Crippen molar-refractivity contribution < 1.29 is 14.3 Å². The van der Waals surface area contributed by atoms with Gasteiger partial charge in [0.15, 0.2) is 0 Å². The van der Waals surface area contributed by atoms with Crippen molar-refractivity contribution in [2.75, 3.05) is 7.11 Å². The number of carbonyl (C=O) groups excluding carboxylic acids is 2. The van der Waals surface area contributed by atoms with Gasteiger partial charge in [0.1, 0.15) is 23.9 Å². The Hall–Kier alpha value is -4.20. The Morgan fingerprint density at radius 1 is 1.03 bits per heavy atom. The molecular formula is C29H33N5O3. The maximum absolute atomic E-state index is 14.0. The Bertz CT molecular complexity index is 1390. The lowest BCUT2D eigenvalue weighted by Crippen LogP contribution is -2.49. The lowest BCUT2D eigenvalue weighted by atomic mass is 10.00. The summed E-state index contributed by atoms with van der Waals surface area (Å²) >= 11 is 0. The molecule has 4 rings (SSSR count). The van der Waals surface area contributed by atoms with Crippen LogP contribution >= 0.6 is 0 Å². The van der Waals surface area contributed by atoms with Gasteiger partial charge in [-0.15, -0.1) is 5.10 Å². The van der Waals surface area contributed by atoms with Crippen LogP contribution in [0.2, 0.25) is 0 Å². The molecule has 0 fully saturated rings. The molecule has 37 heavy (non-hydrogen) atoms. The average molecular weight is 500 g/mol. The zero-order valence-electron chi connectivity index (χ0n) is 21.9. The standard InChI is InChI=1S/C29H33N5O3/c1-20-13-15-21(16-14-20)18-33(26(35)19-34-25-12-7-6-11-24(25)31-32-34)27(28(36)30-29(2,3)4)22-9-8-10-23(17-22)37-5/h6-17,27H,18-19H2,1-5H3,(H,30,36).